The molecule has 0 aromatic heterocycles. The second-order valence-electron chi connectivity index (χ2n) is 10.4. The van der Waals surface area contributed by atoms with Crippen LogP contribution in [0.2, 0.25) is 18.1 Å². The number of ether oxygens (including phenoxy) is 1. The van der Waals surface area contributed by atoms with E-state index in [1.807, 2.05) is 7.11 Å². The lowest BCUT2D eigenvalue weighted by Gasteiger charge is -2.49. The summed E-state index contributed by atoms with van der Waals surface area (Å²) in [5.41, 5.74) is 3.19. The zero-order chi connectivity index (χ0) is 18.4. The molecule has 0 saturated heterocycles. The van der Waals surface area contributed by atoms with Gasteiger partial charge in [0.05, 0.1) is 11.7 Å². The van der Waals surface area contributed by atoms with E-state index in [2.05, 4.69) is 72.0 Å². The van der Waals surface area contributed by atoms with Crippen molar-refractivity contribution in [1.82, 2.24) is 0 Å². The van der Waals surface area contributed by atoms with Gasteiger partial charge in [-0.15, -0.1) is 0 Å². The Morgan fingerprint density at radius 2 is 1.80 bits per heavy atom. The highest BCUT2D eigenvalue weighted by molar-refractivity contribution is 6.74. The van der Waals surface area contributed by atoms with E-state index in [0.29, 0.717) is 17.8 Å². The number of hydrogen-bond acceptors (Lipinski definition) is 2. The monoisotopic (exact) mass is 358 g/mol. The van der Waals surface area contributed by atoms with Crippen LogP contribution < -0.4 is 0 Å². The number of benzene rings is 1. The van der Waals surface area contributed by atoms with Crippen LogP contribution in [-0.4, -0.2) is 27.1 Å². The molecule has 5 atom stereocenters. The SMILES string of the molecule is CO[C@H]1[C@H]2C3c4ccccc4[C@]1(C(C)C)C[C@]32O[Si](C)(C)C(C)(C)C. The smallest absolute Gasteiger partial charge is 0.192 e. The first-order valence-corrected chi connectivity index (χ1v) is 12.8. The normalized spacial score (nSPS) is 38.8. The second-order valence-corrected chi connectivity index (χ2v) is 15.2. The summed E-state index contributed by atoms with van der Waals surface area (Å²) >= 11 is 0. The van der Waals surface area contributed by atoms with Crippen molar-refractivity contribution in [2.75, 3.05) is 7.11 Å². The van der Waals surface area contributed by atoms with Gasteiger partial charge in [-0.1, -0.05) is 58.9 Å². The molecule has 1 unspecified atom stereocenters. The summed E-state index contributed by atoms with van der Waals surface area (Å²) in [6.07, 6.45) is 1.42. The van der Waals surface area contributed by atoms with Crippen LogP contribution in [0.15, 0.2) is 24.3 Å². The summed E-state index contributed by atoms with van der Waals surface area (Å²) < 4.78 is 13.4. The fourth-order valence-corrected chi connectivity index (χ4v) is 7.47. The Kier molecular flexibility index (Phi) is 3.55. The fourth-order valence-electron chi connectivity index (χ4n) is 5.88. The third-order valence-electron chi connectivity index (χ3n) is 8.08. The molecule has 3 heteroatoms. The average molecular weight is 359 g/mol. The molecule has 0 N–H and O–H groups in total. The predicted molar refractivity (Wildman–Crippen MR) is 106 cm³/mol. The largest absolute Gasteiger partial charge is 0.410 e. The van der Waals surface area contributed by atoms with Gasteiger partial charge in [0, 0.05) is 24.4 Å². The maximum absolute atomic E-state index is 7.18. The fraction of sp³-hybridized carbons (Fsp3) is 0.727. The molecular formula is C22H34O2Si. The van der Waals surface area contributed by atoms with E-state index < -0.39 is 8.32 Å². The number of hydrogen-bond donors (Lipinski definition) is 0. The molecule has 0 amide bonds. The Hall–Kier alpha value is -0.643. The zero-order valence-electron chi connectivity index (χ0n) is 17.1. The molecule has 0 spiro atoms. The molecule has 138 valence electrons. The van der Waals surface area contributed by atoms with Crippen LogP contribution >= 0.6 is 0 Å². The Balaban J connectivity index is 1.84. The third-order valence-corrected chi connectivity index (χ3v) is 12.6. The molecule has 25 heavy (non-hydrogen) atoms. The van der Waals surface area contributed by atoms with Crippen molar-refractivity contribution >= 4 is 8.32 Å². The van der Waals surface area contributed by atoms with Gasteiger partial charge in [0.1, 0.15) is 0 Å². The first-order chi connectivity index (χ1) is 11.5. The predicted octanol–water partition coefficient (Wildman–Crippen LogP) is 5.49. The van der Waals surface area contributed by atoms with E-state index in [-0.39, 0.29) is 22.2 Å². The Morgan fingerprint density at radius 1 is 1.16 bits per heavy atom. The van der Waals surface area contributed by atoms with Crippen LogP contribution in [0.5, 0.6) is 0 Å². The van der Waals surface area contributed by atoms with Gasteiger partial charge in [-0.2, -0.15) is 0 Å². The van der Waals surface area contributed by atoms with E-state index >= 15 is 0 Å². The average Bonchev–Trinajstić information content (AvgIpc) is 3.05. The van der Waals surface area contributed by atoms with Crippen LogP contribution in [0.4, 0.5) is 0 Å². The summed E-state index contributed by atoms with van der Waals surface area (Å²) in [5, 5.41) is 0.240. The minimum Gasteiger partial charge on any atom is -0.410 e. The van der Waals surface area contributed by atoms with Gasteiger partial charge >= 0.3 is 0 Å². The highest BCUT2D eigenvalue weighted by atomic mass is 28.4. The minimum atomic E-state index is -1.82. The van der Waals surface area contributed by atoms with Crippen molar-refractivity contribution in [2.45, 2.75) is 82.2 Å². The van der Waals surface area contributed by atoms with Crippen molar-refractivity contribution in [3.8, 4) is 0 Å². The van der Waals surface area contributed by atoms with Gasteiger partial charge in [-0.3, -0.25) is 0 Å². The third kappa shape index (κ3) is 1.98. The topological polar surface area (TPSA) is 18.5 Å². The molecule has 5 rings (SSSR count). The van der Waals surface area contributed by atoms with Crippen molar-refractivity contribution in [2.24, 2.45) is 11.8 Å². The lowest BCUT2D eigenvalue weighted by Crippen LogP contribution is -2.50. The van der Waals surface area contributed by atoms with Crippen LogP contribution in [0.3, 0.4) is 0 Å². The highest BCUT2D eigenvalue weighted by Gasteiger charge is 2.83. The van der Waals surface area contributed by atoms with Crippen molar-refractivity contribution in [3.63, 3.8) is 0 Å². The van der Waals surface area contributed by atoms with Gasteiger partial charge in [0.25, 0.3) is 0 Å². The lowest BCUT2D eigenvalue weighted by molar-refractivity contribution is -0.0000870. The van der Waals surface area contributed by atoms with Gasteiger partial charge < -0.3 is 9.16 Å². The van der Waals surface area contributed by atoms with Crippen LogP contribution in [0, 0.1) is 11.8 Å². The van der Waals surface area contributed by atoms with E-state index in [0.717, 1.165) is 6.42 Å². The van der Waals surface area contributed by atoms with E-state index in [9.17, 15) is 0 Å². The van der Waals surface area contributed by atoms with E-state index in [1.54, 1.807) is 5.56 Å². The Morgan fingerprint density at radius 3 is 2.36 bits per heavy atom. The van der Waals surface area contributed by atoms with Crippen molar-refractivity contribution in [1.29, 1.82) is 0 Å². The molecule has 0 heterocycles. The molecule has 4 bridgehead atoms. The molecule has 0 aliphatic heterocycles. The molecule has 1 aromatic carbocycles. The highest BCUT2D eigenvalue weighted by Crippen LogP contribution is 2.80. The standard InChI is InChI=1S/C22H34O2Si/c1-14(2)21-13-22(24-25(7,8)20(3,4)5)17(18(22)19(21)23-6)15-11-9-10-12-16(15)21/h9-12,14,17-19H,13H2,1-8H3/t17?,18-,19+,21-,22+/m1/s1. The summed E-state index contributed by atoms with van der Waals surface area (Å²) in [7, 11) is 0.0853. The van der Waals surface area contributed by atoms with Gasteiger partial charge in [-0.05, 0) is 41.6 Å². The van der Waals surface area contributed by atoms with Gasteiger partial charge in [-0.25, -0.2) is 0 Å². The van der Waals surface area contributed by atoms with E-state index in [1.165, 1.54) is 5.56 Å². The molecule has 2 saturated carbocycles. The quantitative estimate of drug-likeness (QED) is 0.663. The number of rotatable bonds is 4. The summed E-state index contributed by atoms with van der Waals surface area (Å²) in [6, 6.07) is 9.11. The summed E-state index contributed by atoms with van der Waals surface area (Å²) in [6.45, 7) is 16.6. The summed E-state index contributed by atoms with van der Waals surface area (Å²) in [5.74, 6) is 1.61. The molecule has 4 aliphatic rings. The molecule has 2 fully saturated rings. The Bertz CT molecular complexity index is 704. The minimum absolute atomic E-state index is 0.0162. The number of methoxy groups -OCH3 is 1. The first kappa shape index (κ1) is 17.8. The lowest BCUT2D eigenvalue weighted by atomic mass is 9.60. The molecule has 1 aromatic rings. The maximum atomic E-state index is 7.18. The Labute approximate surface area is 154 Å². The summed E-state index contributed by atoms with van der Waals surface area (Å²) in [4.78, 5) is 0. The molecular weight excluding hydrogens is 324 g/mol. The zero-order valence-corrected chi connectivity index (χ0v) is 18.1. The maximum Gasteiger partial charge on any atom is 0.192 e. The van der Waals surface area contributed by atoms with E-state index in [4.69, 9.17) is 9.16 Å². The van der Waals surface area contributed by atoms with Crippen LogP contribution in [0.25, 0.3) is 0 Å². The van der Waals surface area contributed by atoms with Crippen molar-refractivity contribution in [3.05, 3.63) is 35.4 Å². The van der Waals surface area contributed by atoms with Crippen LogP contribution in [0.1, 0.15) is 58.1 Å². The van der Waals surface area contributed by atoms with Crippen LogP contribution in [-0.2, 0) is 14.6 Å². The van der Waals surface area contributed by atoms with Gasteiger partial charge in [0.2, 0.25) is 0 Å². The molecule has 4 aliphatic carbocycles. The second kappa shape index (κ2) is 4.99. The molecule has 2 nitrogen and oxygen atoms in total. The first-order valence-electron chi connectivity index (χ1n) is 9.85. The molecule has 0 radical (unpaired) electrons. The van der Waals surface area contributed by atoms with Gasteiger partial charge in [0.15, 0.2) is 8.32 Å². The van der Waals surface area contributed by atoms with Crippen molar-refractivity contribution < 1.29 is 9.16 Å².